The average molecular weight is 395 g/mol. The van der Waals surface area contributed by atoms with Crippen LogP contribution in [0.2, 0.25) is 0 Å². The summed E-state index contributed by atoms with van der Waals surface area (Å²) in [5.41, 5.74) is 8.82. The molecule has 0 aromatic heterocycles. The van der Waals surface area contributed by atoms with Crippen molar-refractivity contribution in [2.24, 2.45) is 0 Å². The fourth-order valence-electron chi connectivity index (χ4n) is 3.24. The predicted octanol–water partition coefficient (Wildman–Crippen LogP) is 1.51. The van der Waals surface area contributed by atoms with Gasteiger partial charge in [0.1, 0.15) is 11.3 Å². The van der Waals surface area contributed by atoms with Gasteiger partial charge in [-0.25, -0.2) is 0 Å². The standard InChI is InChI=1S/C20H14N2O5S/c21-12-1-4-16-18(8-12)27-19-9-13(22)2-5-17(19)20(16)15-6-3-14(28(24,25)26)7-11(15)10-23/h1-10,21H,22H2,(H,24,25,26)/p+1. The topological polar surface area (TPSA) is 136 Å². The maximum Gasteiger partial charge on any atom is 0.294 e. The molecule has 1 heterocycles. The fraction of sp³-hybridized carbons (Fsp3) is 0. The highest BCUT2D eigenvalue weighted by Crippen LogP contribution is 2.41. The van der Waals surface area contributed by atoms with Crippen molar-refractivity contribution in [3.63, 3.8) is 0 Å². The first-order valence-electron chi connectivity index (χ1n) is 8.19. The number of carbonyl (C=O) groups is 1. The van der Waals surface area contributed by atoms with Gasteiger partial charge in [-0.15, -0.1) is 0 Å². The Bertz CT molecular complexity index is 1390. The molecule has 2 aromatic carbocycles. The molecule has 0 unspecified atom stereocenters. The molecule has 0 atom stereocenters. The molecule has 0 saturated heterocycles. The van der Waals surface area contributed by atoms with E-state index in [1.54, 1.807) is 36.4 Å². The quantitative estimate of drug-likeness (QED) is 0.208. The van der Waals surface area contributed by atoms with E-state index < -0.39 is 10.1 Å². The number of benzene rings is 3. The van der Waals surface area contributed by atoms with Crippen LogP contribution in [0.1, 0.15) is 10.4 Å². The Morgan fingerprint density at radius 2 is 1.75 bits per heavy atom. The van der Waals surface area contributed by atoms with E-state index in [0.717, 1.165) is 6.07 Å². The first-order valence-corrected chi connectivity index (χ1v) is 9.63. The number of carbonyl (C=O) groups excluding carboxylic acids is 1. The van der Waals surface area contributed by atoms with E-state index in [-0.39, 0.29) is 10.5 Å². The molecule has 4 rings (SSSR count). The molecule has 140 valence electrons. The van der Waals surface area contributed by atoms with Crippen LogP contribution in [0, 0.1) is 0 Å². The van der Waals surface area contributed by atoms with Gasteiger partial charge in [0.05, 0.1) is 11.0 Å². The second kappa shape index (κ2) is 6.29. The van der Waals surface area contributed by atoms with Gasteiger partial charge in [0.15, 0.2) is 11.6 Å². The number of hydrogen-bond donors (Lipinski definition) is 3. The SMILES string of the molecule is Nc1ccc2c(-c3ccc(S(=O)(=O)O)cc3C=O)c3ccc(=[NH2+])cc-3oc2c1. The Balaban J connectivity index is 2.16. The molecule has 1 aliphatic heterocycles. The van der Waals surface area contributed by atoms with E-state index in [0.29, 0.717) is 50.8 Å². The van der Waals surface area contributed by atoms with Crippen molar-refractivity contribution in [2.45, 2.75) is 4.90 Å². The summed E-state index contributed by atoms with van der Waals surface area (Å²) in [7, 11) is -4.44. The third-order valence-electron chi connectivity index (χ3n) is 4.49. The van der Waals surface area contributed by atoms with E-state index in [4.69, 9.17) is 15.6 Å². The molecule has 0 radical (unpaired) electrons. The van der Waals surface area contributed by atoms with Gasteiger partial charge >= 0.3 is 0 Å². The molecule has 0 amide bonds. The second-order valence-corrected chi connectivity index (χ2v) is 7.75. The minimum atomic E-state index is -4.44. The first kappa shape index (κ1) is 17.9. The second-order valence-electron chi connectivity index (χ2n) is 6.33. The molecule has 5 N–H and O–H groups in total. The van der Waals surface area contributed by atoms with Crippen molar-refractivity contribution in [3.05, 3.63) is 65.5 Å². The zero-order valence-electron chi connectivity index (χ0n) is 14.4. The van der Waals surface area contributed by atoms with Crippen LogP contribution in [-0.4, -0.2) is 19.3 Å². The predicted molar refractivity (Wildman–Crippen MR) is 103 cm³/mol. The van der Waals surface area contributed by atoms with Crippen LogP contribution in [0.5, 0.6) is 0 Å². The van der Waals surface area contributed by atoms with Crippen molar-refractivity contribution < 1.29 is 27.6 Å². The summed E-state index contributed by atoms with van der Waals surface area (Å²) in [6, 6.07) is 14.1. The summed E-state index contributed by atoms with van der Waals surface area (Å²) in [6.07, 6.45) is 0.542. The summed E-state index contributed by atoms with van der Waals surface area (Å²) in [6.45, 7) is 0. The van der Waals surface area contributed by atoms with Crippen molar-refractivity contribution >= 4 is 33.1 Å². The number of nitrogens with two attached hydrogens (primary N) is 2. The smallest absolute Gasteiger partial charge is 0.294 e. The summed E-state index contributed by atoms with van der Waals surface area (Å²) in [5, 5.41) is 7.07. The van der Waals surface area contributed by atoms with Gasteiger partial charge in [0.25, 0.3) is 10.1 Å². The first-order chi connectivity index (χ1) is 13.3. The number of hydrogen-bond acceptors (Lipinski definition) is 5. The Labute approximate surface area is 159 Å². The fourth-order valence-corrected chi connectivity index (χ4v) is 3.76. The average Bonchev–Trinajstić information content (AvgIpc) is 2.64. The largest absolute Gasteiger partial charge is 0.456 e. The molecule has 7 nitrogen and oxygen atoms in total. The van der Waals surface area contributed by atoms with Crippen LogP contribution >= 0.6 is 0 Å². The molecule has 2 aromatic rings. The Morgan fingerprint density at radius 1 is 1.00 bits per heavy atom. The van der Waals surface area contributed by atoms with Crippen molar-refractivity contribution in [2.75, 3.05) is 5.73 Å². The molecule has 0 spiro atoms. The lowest BCUT2D eigenvalue weighted by atomic mass is 9.91. The van der Waals surface area contributed by atoms with Gasteiger partial charge < -0.3 is 10.2 Å². The molecule has 28 heavy (non-hydrogen) atoms. The van der Waals surface area contributed by atoms with Gasteiger partial charge in [-0.2, -0.15) is 8.42 Å². The van der Waals surface area contributed by atoms with Gasteiger partial charge in [-0.1, -0.05) is 6.07 Å². The molecular formula is C20H15N2O5S+. The third kappa shape index (κ3) is 2.94. The summed E-state index contributed by atoms with van der Waals surface area (Å²) in [4.78, 5) is 11.4. The maximum atomic E-state index is 11.7. The molecule has 1 aliphatic carbocycles. The minimum absolute atomic E-state index is 0.109. The number of fused-ring (bicyclic) bond motifs is 2. The summed E-state index contributed by atoms with van der Waals surface area (Å²) in [5.74, 6) is 0.490. The summed E-state index contributed by atoms with van der Waals surface area (Å²) < 4.78 is 38.1. The van der Waals surface area contributed by atoms with E-state index in [1.165, 1.54) is 12.1 Å². The summed E-state index contributed by atoms with van der Waals surface area (Å²) >= 11 is 0. The lowest BCUT2D eigenvalue weighted by molar-refractivity contribution is -0.172. The highest BCUT2D eigenvalue weighted by atomic mass is 32.2. The third-order valence-corrected chi connectivity index (χ3v) is 5.34. The lowest BCUT2D eigenvalue weighted by Crippen LogP contribution is -2.44. The Hall–Kier alpha value is -3.49. The number of nitrogen functional groups attached to an aromatic ring is 1. The van der Waals surface area contributed by atoms with E-state index >= 15 is 0 Å². The van der Waals surface area contributed by atoms with Crippen LogP contribution in [0.4, 0.5) is 5.69 Å². The van der Waals surface area contributed by atoms with E-state index in [9.17, 15) is 17.8 Å². The van der Waals surface area contributed by atoms with Crippen LogP contribution in [0.3, 0.4) is 0 Å². The van der Waals surface area contributed by atoms with Crippen LogP contribution in [0.15, 0.2) is 63.9 Å². The normalized spacial score (nSPS) is 11.8. The zero-order valence-corrected chi connectivity index (χ0v) is 15.2. The highest BCUT2D eigenvalue weighted by Gasteiger charge is 2.21. The lowest BCUT2D eigenvalue weighted by Gasteiger charge is -2.16. The molecule has 0 fully saturated rings. The van der Waals surface area contributed by atoms with Crippen molar-refractivity contribution in [1.29, 1.82) is 0 Å². The van der Waals surface area contributed by atoms with Crippen molar-refractivity contribution in [3.8, 4) is 22.5 Å². The van der Waals surface area contributed by atoms with Crippen LogP contribution in [0.25, 0.3) is 33.4 Å². The van der Waals surface area contributed by atoms with Gasteiger partial charge in [0, 0.05) is 39.9 Å². The maximum absolute atomic E-state index is 11.7. The van der Waals surface area contributed by atoms with Crippen molar-refractivity contribution in [1.82, 2.24) is 0 Å². The van der Waals surface area contributed by atoms with Crippen LogP contribution in [-0.2, 0) is 10.1 Å². The molecule has 0 saturated carbocycles. The molecular weight excluding hydrogens is 380 g/mol. The highest BCUT2D eigenvalue weighted by molar-refractivity contribution is 7.85. The van der Waals surface area contributed by atoms with E-state index in [2.05, 4.69) is 0 Å². The molecule has 8 heteroatoms. The number of rotatable bonds is 3. The minimum Gasteiger partial charge on any atom is -0.456 e. The van der Waals surface area contributed by atoms with Gasteiger partial charge in [-0.3, -0.25) is 14.8 Å². The molecule has 2 aliphatic rings. The van der Waals surface area contributed by atoms with Gasteiger partial charge in [-0.05, 0) is 35.9 Å². The number of anilines is 1. The molecule has 0 bridgehead atoms. The number of aldehydes is 1. The zero-order chi connectivity index (χ0) is 20.1. The van der Waals surface area contributed by atoms with Gasteiger partial charge in [0.2, 0.25) is 0 Å². The Morgan fingerprint density at radius 3 is 2.46 bits per heavy atom. The monoisotopic (exact) mass is 395 g/mol. The Kier molecular flexibility index (Phi) is 4.02. The van der Waals surface area contributed by atoms with Crippen LogP contribution < -0.4 is 16.5 Å². The van der Waals surface area contributed by atoms with E-state index in [1.807, 2.05) is 0 Å².